The van der Waals surface area contributed by atoms with Gasteiger partial charge in [-0.1, -0.05) is 0 Å². The summed E-state index contributed by atoms with van der Waals surface area (Å²) in [5.41, 5.74) is -6.81. The van der Waals surface area contributed by atoms with E-state index in [1.165, 1.54) is 0 Å². The van der Waals surface area contributed by atoms with E-state index in [4.69, 9.17) is 0 Å². The predicted octanol–water partition coefficient (Wildman–Crippen LogP) is 6.97. The zero-order valence-corrected chi connectivity index (χ0v) is 19.1. The molecule has 0 aromatic heterocycles. The predicted molar refractivity (Wildman–Crippen MR) is 85.9 cm³/mol. The van der Waals surface area contributed by atoms with E-state index in [0.717, 1.165) is 13.8 Å². The zero-order chi connectivity index (χ0) is 29.6. The fourth-order valence-electron chi connectivity index (χ4n) is 2.49. The van der Waals surface area contributed by atoms with Crippen LogP contribution < -0.4 is 0 Å². The molecule has 0 aromatic rings. The number of hydrogen-bond acceptors (Lipinski definition) is 3. The van der Waals surface area contributed by atoms with Crippen LogP contribution in [0.2, 0.25) is 0 Å². The monoisotopic (exact) mass is 596 g/mol. The summed E-state index contributed by atoms with van der Waals surface area (Å²) in [4.78, 5) is 0. The average molecular weight is 596 g/mol. The first-order valence-corrected chi connectivity index (χ1v) is 10.7. The van der Waals surface area contributed by atoms with Gasteiger partial charge in [-0.05, 0) is 13.8 Å². The lowest BCUT2D eigenvalue weighted by Crippen LogP contribution is -2.78. The maximum atomic E-state index is 14.5. The summed E-state index contributed by atoms with van der Waals surface area (Å²) in [5.74, 6) is -47.7. The van der Waals surface area contributed by atoms with Crippen molar-refractivity contribution < 1.29 is 87.9 Å². The lowest BCUT2D eigenvalue weighted by Gasteiger charge is -2.45. The van der Waals surface area contributed by atoms with E-state index in [1.54, 1.807) is 0 Å². The fraction of sp³-hybridized carbons (Fsp3) is 1.00. The van der Waals surface area contributed by atoms with Gasteiger partial charge < -0.3 is 13.3 Å². The molecule has 0 aliphatic carbocycles. The number of hydrogen-bond donors (Lipinski definition) is 0. The summed E-state index contributed by atoms with van der Waals surface area (Å²) < 4.78 is 243. The van der Waals surface area contributed by atoms with Crippen LogP contribution in [0.1, 0.15) is 26.7 Å². The summed E-state index contributed by atoms with van der Waals surface area (Å²) in [6.45, 7) is 1.55. The molecule has 36 heavy (non-hydrogen) atoms. The number of rotatable bonds is 13. The molecule has 0 unspecified atom stereocenters. The summed E-state index contributed by atoms with van der Waals surface area (Å²) >= 11 is 0. The van der Waals surface area contributed by atoms with E-state index >= 15 is 0 Å². The van der Waals surface area contributed by atoms with E-state index in [9.17, 15) is 74.6 Å². The van der Waals surface area contributed by atoms with Crippen LogP contribution in [0.15, 0.2) is 0 Å². The Hall–Kier alpha value is -1.09. The van der Waals surface area contributed by atoms with Crippen molar-refractivity contribution >= 4 is 8.80 Å². The van der Waals surface area contributed by atoms with Crippen molar-refractivity contribution in [2.45, 2.75) is 80.1 Å². The van der Waals surface area contributed by atoms with Crippen molar-refractivity contribution in [3.8, 4) is 0 Å². The molecule has 21 heteroatoms. The first-order valence-electron chi connectivity index (χ1n) is 8.99. The summed E-state index contributed by atoms with van der Waals surface area (Å²) in [6, 6.07) is 0. The Morgan fingerprint density at radius 3 is 1.17 bits per heavy atom. The quantitative estimate of drug-likeness (QED) is 0.170. The molecule has 0 fully saturated rings. The summed E-state index contributed by atoms with van der Waals surface area (Å²) in [6.07, 6.45) is -13.9. The molecule has 0 aliphatic heterocycles. The molecule has 0 saturated carbocycles. The van der Waals surface area contributed by atoms with Gasteiger partial charge in [-0.15, -0.1) is 0 Å². The maximum absolute atomic E-state index is 14.5. The average Bonchev–Trinajstić information content (AvgIpc) is 2.68. The van der Waals surface area contributed by atoms with Gasteiger partial charge >= 0.3 is 56.1 Å². The van der Waals surface area contributed by atoms with E-state index < -0.39 is 75.0 Å². The molecule has 0 aromatic carbocycles. The first kappa shape index (κ1) is 34.9. The molecule has 0 atom stereocenters. The molecule has 0 rings (SSSR count). The smallest absolute Gasteiger partial charge is 0.373 e. The molecule has 0 bridgehead atoms. The normalized spacial score (nSPS) is 16.2. The van der Waals surface area contributed by atoms with Gasteiger partial charge in [0.15, 0.2) is 0 Å². The van der Waals surface area contributed by atoms with Crippen molar-refractivity contribution in [1.29, 1.82) is 0 Å². The summed E-state index contributed by atoms with van der Waals surface area (Å²) in [5, 5.41) is 0. The topological polar surface area (TPSA) is 27.7 Å². The largest absolute Gasteiger partial charge is 0.582 e. The Morgan fingerprint density at radius 2 is 0.861 bits per heavy atom. The van der Waals surface area contributed by atoms with E-state index in [0.29, 0.717) is 0 Å². The second-order valence-corrected chi connectivity index (χ2v) is 10.2. The minimum atomic E-state index is -8.45. The van der Waals surface area contributed by atoms with E-state index in [1.807, 2.05) is 0 Å². The molecule has 0 amide bonds. The van der Waals surface area contributed by atoms with Crippen molar-refractivity contribution in [3.05, 3.63) is 0 Å². The third-order valence-electron chi connectivity index (χ3n) is 4.47. The van der Waals surface area contributed by atoms with Gasteiger partial charge in [0.05, 0.1) is 0 Å². The third-order valence-corrected chi connectivity index (χ3v) is 7.41. The van der Waals surface area contributed by atoms with Crippen LogP contribution in [0.5, 0.6) is 0 Å². The second kappa shape index (κ2) is 9.90. The molecular weight excluding hydrogens is 579 g/mol. The Morgan fingerprint density at radius 1 is 0.528 bits per heavy atom. The molecule has 0 aliphatic rings. The van der Waals surface area contributed by atoms with Crippen molar-refractivity contribution in [2.75, 3.05) is 14.2 Å². The van der Waals surface area contributed by atoms with Crippen LogP contribution >= 0.6 is 0 Å². The van der Waals surface area contributed by atoms with E-state index in [-0.39, 0.29) is 14.2 Å². The highest BCUT2D eigenvalue weighted by Gasteiger charge is 2.95. The molecule has 218 valence electrons. The molecule has 0 radical (unpaired) electrons. The van der Waals surface area contributed by atoms with E-state index in [2.05, 4.69) is 13.3 Å². The molecule has 0 saturated heterocycles. The lowest BCUT2D eigenvalue weighted by atomic mass is 9.90. The van der Waals surface area contributed by atoms with Crippen molar-refractivity contribution in [1.82, 2.24) is 0 Å². The van der Waals surface area contributed by atoms with Gasteiger partial charge in [-0.3, -0.25) is 0 Å². The van der Waals surface area contributed by atoms with Gasteiger partial charge in [0.1, 0.15) is 0 Å². The molecule has 0 heterocycles. The highest BCUT2D eigenvalue weighted by atomic mass is 28.4. The Balaban J connectivity index is 6.85. The minimum Gasteiger partial charge on any atom is -0.373 e. The second-order valence-electron chi connectivity index (χ2n) is 7.40. The van der Waals surface area contributed by atoms with Crippen LogP contribution in [0.25, 0.3) is 0 Å². The van der Waals surface area contributed by atoms with Gasteiger partial charge in [0.2, 0.25) is 0 Å². The van der Waals surface area contributed by atoms with Crippen LogP contribution in [-0.4, -0.2) is 76.4 Å². The SMILES string of the molecule is CO[Si](OC)(OC(C)C)C(F)(F)C(F)(F)C(F)(F)C(F)(F)C(F)(F)C(F)(F)C(F)(F)CCC(F)(F)F. The van der Waals surface area contributed by atoms with Crippen LogP contribution in [0, 0.1) is 0 Å². The zero-order valence-electron chi connectivity index (χ0n) is 18.1. The van der Waals surface area contributed by atoms with Crippen LogP contribution in [0.4, 0.5) is 74.6 Å². The Kier molecular flexibility index (Phi) is 9.60. The Labute approximate surface area is 192 Å². The van der Waals surface area contributed by atoms with Gasteiger partial charge in [0.25, 0.3) is 0 Å². The number of halogens is 17. The standard InChI is InChI=1S/C15H17F17O3Si/c1-7(2)35-36(33-3,34-4)15(31,32)14(29,30)13(27,28)12(25,26)11(23,24)10(21,22)8(16,17)5-6-9(18,19)20/h7H,5-6H2,1-4H3. The fourth-order valence-corrected chi connectivity index (χ4v) is 4.67. The van der Waals surface area contributed by atoms with Crippen molar-refractivity contribution in [3.63, 3.8) is 0 Å². The summed E-state index contributed by atoms with van der Waals surface area (Å²) in [7, 11) is -6.52. The van der Waals surface area contributed by atoms with Gasteiger partial charge in [-0.25, -0.2) is 0 Å². The van der Waals surface area contributed by atoms with Crippen LogP contribution in [0.3, 0.4) is 0 Å². The maximum Gasteiger partial charge on any atom is 0.582 e. The Bertz CT molecular complexity index is 746. The molecular formula is C15H17F17O3Si. The highest BCUT2D eigenvalue weighted by Crippen LogP contribution is 2.63. The first-order chi connectivity index (χ1) is 15.5. The third kappa shape index (κ3) is 5.25. The molecule has 0 spiro atoms. The molecule has 3 nitrogen and oxygen atoms in total. The van der Waals surface area contributed by atoms with Gasteiger partial charge in [-0.2, -0.15) is 74.6 Å². The minimum absolute atomic E-state index is 0.0579. The number of alkyl halides is 17. The van der Waals surface area contributed by atoms with Crippen molar-refractivity contribution in [2.24, 2.45) is 0 Å². The van der Waals surface area contributed by atoms with Crippen LogP contribution in [-0.2, 0) is 13.3 Å². The molecule has 0 N–H and O–H groups in total. The lowest BCUT2D eigenvalue weighted by molar-refractivity contribution is -0.439. The van der Waals surface area contributed by atoms with Gasteiger partial charge in [0, 0.05) is 33.2 Å². The highest BCUT2D eigenvalue weighted by molar-refractivity contribution is 6.63.